The molecule has 1 aromatic carbocycles. The van der Waals surface area contributed by atoms with E-state index in [0.717, 1.165) is 24.8 Å². The molecule has 0 spiro atoms. The summed E-state index contributed by atoms with van der Waals surface area (Å²) in [6.07, 6.45) is 3.94. The van der Waals surface area contributed by atoms with Crippen molar-refractivity contribution in [3.05, 3.63) is 29.8 Å². The molecule has 116 valence electrons. The zero-order valence-corrected chi connectivity index (χ0v) is 13.2. The molecule has 1 N–H and O–H groups in total. The van der Waals surface area contributed by atoms with Crippen LogP contribution in [-0.2, 0) is 0 Å². The fourth-order valence-corrected chi connectivity index (χ4v) is 3.71. The molecule has 3 heteroatoms. The first-order valence-electron chi connectivity index (χ1n) is 8.51. The molecule has 1 saturated heterocycles. The highest BCUT2D eigenvalue weighted by molar-refractivity contribution is 5.39. The Kier molecular flexibility index (Phi) is 5.15. The van der Waals surface area contributed by atoms with E-state index in [4.69, 9.17) is 4.74 Å². The quantitative estimate of drug-likeness (QED) is 0.871. The van der Waals surface area contributed by atoms with Crippen LogP contribution in [0.4, 0.5) is 0 Å². The number of ether oxygens (including phenoxy) is 1. The smallest absolute Gasteiger partial charge is 0.122 e. The summed E-state index contributed by atoms with van der Waals surface area (Å²) in [7, 11) is 0. The molecule has 0 aliphatic carbocycles. The predicted molar refractivity (Wildman–Crippen MR) is 87.0 cm³/mol. The summed E-state index contributed by atoms with van der Waals surface area (Å²) in [5, 5.41) is 3.54. The van der Waals surface area contributed by atoms with Gasteiger partial charge in [0.05, 0.1) is 6.61 Å². The predicted octanol–water partition coefficient (Wildman–Crippen LogP) is 2.87. The van der Waals surface area contributed by atoms with E-state index in [0.29, 0.717) is 5.92 Å². The third-order valence-electron chi connectivity index (χ3n) is 4.73. The van der Waals surface area contributed by atoms with Gasteiger partial charge in [-0.15, -0.1) is 0 Å². The van der Waals surface area contributed by atoms with Crippen molar-refractivity contribution < 1.29 is 4.74 Å². The second-order valence-electron chi connectivity index (χ2n) is 6.52. The highest BCUT2D eigenvalue weighted by atomic mass is 16.5. The maximum atomic E-state index is 5.84. The minimum atomic E-state index is 0.546. The Morgan fingerprint density at radius 1 is 1.29 bits per heavy atom. The summed E-state index contributed by atoms with van der Waals surface area (Å²) in [4.78, 5) is 2.66. The maximum absolute atomic E-state index is 5.84. The van der Waals surface area contributed by atoms with Gasteiger partial charge < -0.3 is 15.0 Å². The van der Waals surface area contributed by atoms with Crippen LogP contribution in [0.5, 0.6) is 5.75 Å². The normalized spacial score (nSPS) is 24.9. The van der Waals surface area contributed by atoms with E-state index < -0.39 is 0 Å². The van der Waals surface area contributed by atoms with Gasteiger partial charge in [0.15, 0.2) is 0 Å². The zero-order chi connectivity index (χ0) is 14.5. The summed E-state index contributed by atoms with van der Waals surface area (Å²) in [5.41, 5.74) is 1.40. The second-order valence-corrected chi connectivity index (χ2v) is 6.52. The molecule has 3 rings (SSSR count). The van der Waals surface area contributed by atoms with Crippen LogP contribution in [0.2, 0.25) is 0 Å². The first-order chi connectivity index (χ1) is 10.4. The maximum Gasteiger partial charge on any atom is 0.122 e. The minimum absolute atomic E-state index is 0.546. The number of hydrogen-bond acceptors (Lipinski definition) is 3. The molecule has 2 unspecified atom stereocenters. The van der Waals surface area contributed by atoms with Gasteiger partial charge in [0.2, 0.25) is 0 Å². The Morgan fingerprint density at radius 3 is 3.00 bits per heavy atom. The van der Waals surface area contributed by atoms with Crippen LogP contribution in [0.3, 0.4) is 0 Å². The molecule has 0 radical (unpaired) electrons. The van der Waals surface area contributed by atoms with Crippen molar-refractivity contribution in [2.45, 2.75) is 32.1 Å². The van der Waals surface area contributed by atoms with Crippen LogP contribution in [0, 0.1) is 5.92 Å². The number of benzene rings is 1. The number of fused-ring (bicyclic) bond motifs is 1. The molecule has 1 aromatic rings. The third-order valence-corrected chi connectivity index (χ3v) is 4.73. The van der Waals surface area contributed by atoms with Crippen molar-refractivity contribution in [3.63, 3.8) is 0 Å². The number of piperidine rings is 1. The molecule has 3 nitrogen and oxygen atoms in total. The second kappa shape index (κ2) is 7.28. The largest absolute Gasteiger partial charge is 0.493 e. The molecular formula is C18H28N2O. The first kappa shape index (κ1) is 14.9. The highest BCUT2D eigenvalue weighted by Crippen LogP contribution is 2.34. The van der Waals surface area contributed by atoms with E-state index in [2.05, 4.69) is 41.4 Å². The molecule has 21 heavy (non-hydrogen) atoms. The van der Waals surface area contributed by atoms with Crippen molar-refractivity contribution in [2.24, 2.45) is 5.92 Å². The van der Waals surface area contributed by atoms with Crippen molar-refractivity contribution in [1.29, 1.82) is 0 Å². The average Bonchev–Trinajstić information content (AvgIpc) is 2.92. The highest BCUT2D eigenvalue weighted by Gasteiger charge is 2.26. The Balaban J connectivity index is 1.60. The monoisotopic (exact) mass is 288 g/mol. The van der Waals surface area contributed by atoms with Gasteiger partial charge in [-0.2, -0.15) is 0 Å². The summed E-state index contributed by atoms with van der Waals surface area (Å²) < 4.78 is 5.84. The van der Waals surface area contributed by atoms with Crippen LogP contribution in [0.15, 0.2) is 24.3 Å². The van der Waals surface area contributed by atoms with Gasteiger partial charge in [-0.1, -0.05) is 25.1 Å². The molecular weight excluding hydrogens is 260 g/mol. The number of rotatable bonds is 6. The molecule has 0 saturated carbocycles. The van der Waals surface area contributed by atoms with Crippen LogP contribution in [0.1, 0.15) is 37.7 Å². The lowest BCUT2D eigenvalue weighted by Gasteiger charge is -2.31. The molecule has 2 heterocycles. The Morgan fingerprint density at radius 2 is 2.19 bits per heavy atom. The van der Waals surface area contributed by atoms with Gasteiger partial charge in [-0.3, -0.25) is 0 Å². The molecule has 0 aromatic heterocycles. The zero-order valence-electron chi connectivity index (χ0n) is 13.2. The lowest BCUT2D eigenvalue weighted by Crippen LogP contribution is -2.40. The number of nitrogens with zero attached hydrogens (tertiary/aromatic N) is 1. The van der Waals surface area contributed by atoms with Gasteiger partial charge >= 0.3 is 0 Å². The summed E-state index contributed by atoms with van der Waals surface area (Å²) in [6, 6.07) is 8.54. The lowest BCUT2D eigenvalue weighted by molar-refractivity contribution is 0.188. The van der Waals surface area contributed by atoms with Crippen molar-refractivity contribution in [3.8, 4) is 5.75 Å². The molecule has 2 atom stereocenters. The summed E-state index contributed by atoms with van der Waals surface area (Å²) in [6.45, 7) is 9.11. The van der Waals surface area contributed by atoms with Crippen LogP contribution in [-0.4, -0.2) is 44.2 Å². The number of hydrogen-bond donors (Lipinski definition) is 1. The lowest BCUT2D eigenvalue weighted by atomic mass is 9.97. The van der Waals surface area contributed by atoms with E-state index >= 15 is 0 Å². The molecule has 0 bridgehead atoms. The number of nitrogens with one attached hydrogen (secondary N) is 1. The van der Waals surface area contributed by atoms with E-state index in [9.17, 15) is 0 Å². The van der Waals surface area contributed by atoms with Gasteiger partial charge in [0.25, 0.3) is 0 Å². The van der Waals surface area contributed by atoms with Gasteiger partial charge in [0, 0.05) is 24.6 Å². The van der Waals surface area contributed by atoms with E-state index in [1.54, 1.807) is 0 Å². The Labute approximate surface area is 128 Å². The van der Waals surface area contributed by atoms with Crippen molar-refractivity contribution >= 4 is 0 Å². The first-order valence-corrected chi connectivity index (χ1v) is 8.51. The van der Waals surface area contributed by atoms with Crippen LogP contribution < -0.4 is 10.1 Å². The van der Waals surface area contributed by atoms with Gasteiger partial charge in [-0.05, 0) is 50.9 Å². The topological polar surface area (TPSA) is 24.5 Å². The molecule has 2 aliphatic rings. The van der Waals surface area contributed by atoms with E-state index in [-0.39, 0.29) is 0 Å². The molecule has 0 amide bonds. The van der Waals surface area contributed by atoms with Crippen molar-refractivity contribution in [2.75, 3.05) is 39.3 Å². The molecule has 1 fully saturated rings. The average molecular weight is 288 g/mol. The third kappa shape index (κ3) is 3.78. The van der Waals surface area contributed by atoms with E-state index in [1.807, 2.05) is 0 Å². The summed E-state index contributed by atoms with van der Waals surface area (Å²) in [5.74, 6) is 2.46. The van der Waals surface area contributed by atoms with Crippen LogP contribution >= 0.6 is 0 Å². The fourth-order valence-electron chi connectivity index (χ4n) is 3.71. The van der Waals surface area contributed by atoms with E-state index in [1.165, 1.54) is 51.0 Å². The number of para-hydroxylation sites is 1. The minimum Gasteiger partial charge on any atom is -0.493 e. The van der Waals surface area contributed by atoms with Crippen molar-refractivity contribution in [1.82, 2.24) is 10.2 Å². The Hall–Kier alpha value is -1.06. The molecule has 2 aliphatic heterocycles. The fraction of sp³-hybridized carbons (Fsp3) is 0.667. The Bertz CT molecular complexity index is 443. The summed E-state index contributed by atoms with van der Waals surface area (Å²) >= 11 is 0. The SMILES string of the molecule is CCCN(CC1CCCNC1)CC1COc2ccccc21. The van der Waals surface area contributed by atoms with Crippen LogP contribution in [0.25, 0.3) is 0 Å². The van der Waals surface area contributed by atoms with Gasteiger partial charge in [0.1, 0.15) is 5.75 Å². The van der Waals surface area contributed by atoms with Gasteiger partial charge in [-0.25, -0.2) is 0 Å². The standard InChI is InChI=1S/C18H28N2O/c1-2-10-20(12-15-6-5-9-19-11-15)13-16-14-21-18-8-4-3-7-17(16)18/h3-4,7-8,15-16,19H,2,5-6,9-14H2,1H3.